The highest BCUT2D eigenvalue weighted by molar-refractivity contribution is 5.81. The van der Waals surface area contributed by atoms with E-state index in [0.717, 1.165) is 40.8 Å². The fraction of sp³-hybridized carbons (Fsp3) is 0.231. The maximum Gasteiger partial charge on any atom is 0.243 e. The molecule has 1 aliphatic rings. The Balaban J connectivity index is 1.45. The molecule has 0 N–H and O–H groups in total. The van der Waals surface area contributed by atoms with Gasteiger partial charge in [0, 0.05) is 19.0 Å². The molecular formula is C26H25N3O. The zero-order chi connectivity index (χ0) is 20.3. The first-order chi connectivity index (χ1) is 14.8. The highest BCUT2D eigenvalue weighted by Gasteiger charge is 2.30. The molecule has 1 heterocycles. The van der Waals surface area contributed by atoms with Crippen molar-refractivity contribution in [1.29, 1.82) is 0 Å². The summed E-state index contributed by atoms with van der Waals surface area (Å²) in [7, 11) is 0. The van der Waals surface area contributed by atoms with E-state index in [4.69, 9.17) is 4.98 Å². The van der Waals surface area contributed by atoms with Crippen molar-refractivity contribution in [3.63, 3.8) is 0 Å². The van der Waals surface area contributed by atoms with E-state index in [1.165, 1.54) is 0 Å². The van der Waals surface area contributed by atoms with Crippen molar-refractivity contribution in [3.8, 4) is 0 Å². The van der Waals surface area contributed by atoms with Crippen molar-refractivity contribution in [2.45, 2.75) is 38.4 Å². The molecule has 30 heavy (non-hydrogen) atoms. The third kappa shape index (κ3) is 3.99. The van der Waals surface area contributed by atoms with Crippen LogP contribution < -0.4 is 0 Å². The molecule has 150 valence electrons. The Kier molecular flexibility index (Phi) is 5.06. The van der Waals surface area contributed by atoms with E-state index in [0.29, 0.717) is 25.6 Å². The van der Waals surface area contributed by atoms with Gasteiger partial charge in [-0.1, -0.05) is 72.8 Å². The van der Waals surface area contributed by atoms with Gasteiger partial charge in [0.25, 0.3) is 0 Å². The Labute approximate surface area is 176 Å². The molecule has 1 amide bonds. The third-order valence-corrected chi connectivity index (χ3v) is 5.71. The molecule has 1 fully saturated rings. The van der Waals surface area contributed by atoms with Crippen LogP contribution in [0.4, 0.5) is 0 Å². The number of imidazole rings is 1. The number of aromatic nitrogens is 2. The SMILES string of the molecule is O=C(Cn1c(C2CC2)nc2ccccc21)N(Cc1ccccc1)Cc1ccccc1. The van der Waals surface area contributed by atoms with E-state index in [9.17, 15) is 4.79 Å². The van der Waals surface area contributed by atoms with Crippen LogP contribution in [0.15, 0.2) is 84.9 Å². The van der Waals surface area contributed by atoms with E-state index in [1.807, 2.05) is 59.5 Å². The summed E-state index contributed by atoms with van der Waals surface area (Å²) >= 11 is 0. The molecule has 0 radical (unpaired) electrons. The summed E-state index contributed by atoms with van der Waals surface area (Å²) in [6, 6.07) is 28.5. The summed E-state index contributed by atoms with van der Waals surface area (Å²) in [5.41, 5.74) is 4.30. The molecule has 1 aliphatic carbocycles. The number of carbonyl (C=O) groups is 1. The van der Waals surface area contributed by atoms with Crippen LogP contribution in [-0.2, 0) is 24.4 Å². The first-order valence-corrected chi connectivity index (χ1v) is 10.6. The Bertz CT molecular complexity index is 1110. The Morgan fingerprint density at radius 1 is 0.833 bits per heavy atom. The van der Waals surface area contributed by atoms with Crippen molar-refractivity contribution in [2.75, 3.05) is 0 Å². The number of hydrogen-bond donors (Lipinski definition) is 0. The van der Waals surface area contributed by atoms with Crippen LogP contribution >= 0.6 is 0 Å². The van der Waals surface area contributed by atoms with Crippen LogP contribution in [0.3, 0.4) is 0 Å². The molecule has 4 aromatic rings. The lowest BCUT2D eigenvalue weighted by Crippen LogP contribution is -2.33. The third-order valence-electron chi connectivity index (χ3n) is 5.71. The number of carbonyl (C=O) groups excluding carboxylic acids is 1. The van der Waals surface area contributed by atoms with E-state index in [-0.39, 0.29) is 5.91 Å². The number of hydrogen-bond acceptors (Lipinski definition) is 2. The standard InChI is InChI=1S/C26H25N3O/c30-25(19-29-24-14-8-7-13-23(24)27-26(29)22-15-16-22)28(17-20-9-3-1-4-10-20)18-21-11-5-2-6-12-21/h1-14,22H,15-19H2. The van der Waals surface area contributed by atoms with Crippen molar-refractivity contribution in [1.82, 2.24) is 14.5 Å². The normalized spacial score (nSPS) is 13.5. The molecule has 5 rings (SSSR count). The van der Waals surface area contributed by atoms with Crippen LogP contribution in [-0.4, -0.2) is 20.4 Å². The summed E-state index contributed by atoms with van der Waals surface area (Å²) in [6.45, 7) is 1.52. The maximum absolute atomic E-state index is 13.5. The predicted molar refractivity (Wildman–Crippen MR) is 119 cm³/mol. The minimum Gasteiger partial charge on any atom is -0.332 e. The number of amides is 1. The van der Waals surface area contributed by atoms with Gasteiger partial charge < -0.3 is 9.47 Å². The van der Waals surface area contributed by atoms with Gasteiger partial charge in [-0.25, -0.2) is 4.98 Å². The quantitative estimate of drug-likeness (QED) is 0.434. The van der Waals surface area contributed by atoms with Gasteiger partial charge in [-0.05, 0) is 36.1 Å². The number of rotatable bonds is 7. The number of benzene rings is 3. The summed E-state index contributed by atoms with van der Waals surface area (Å²) in [4.78, 5) is 20.3. The van der Waals surface area contributed by atoms with Crippen LogP contribution in [0.2, 0.25) is 0 Å². The zero-order valence-electron chi connectivity index (χ0n) is 16.9. The first-order valence-electron chi connectivity index (χ1n) is 10.6. The maximum atomic E-state index is 13.5. The van der Waals surface area contributed by atoms with Crippen molar-refractivity contribution in [2.24, 2.45) is 0 Å². The Morgan fingerprint density at radius 3 is 2.00 bits per heavy atom. The van der Waals surface area contributed by atoms with Crippen molar-refractivity contribution < 1.29 is 4.79 Å². The van der Waals surface area contributed by atoms with E-state index < -0.39 is 0 Å². The summed E-state index contributed by atoms with van der Waals surface area (Å²) in [6.07, 6.45) is 2.32. The smallest absolute Gasteiger partial charge is 0.243 e. The van der Waals surface area contributed by atoms with Gasteiger partial charge in [-0.3, -0.25) is 4.79 Å². The fourth-order valence-electron chi connectivity index (χ4n) is 3.99. The summed E-state index contributed by atoms with van der Waals surface area (Å²) in [5, 5.41) is 0. The predicted octanol–water partition coefficient (Wildman–Crippen LogP) is 5.14. The average Bonchev–Trinajstić information content (AvgIpc) is 3.57. The summed E-state index contributed by atoms with van der Waals surface area (Å²) < 4.78 is 2.14. The molecule has 4 heteroatoms. The van der Waals surface area contributed by atoms with Gasteiger partial charge in [0.2, 0.25) is 5.91 Å². The van der Waals surface area contributed by atoms with Crippen molar-refractivity contribution in [3.05, 3.63) is 102 Å². The molecule has 4 nitrogen and oxygen atoms in total. The van der Waals surface area contributed by atoms with E-state index in [2.05, 4.69) is 34.9 Å². The molecule has 1 aromatic heterocycles. The monoisotopic (exact) mass is 395 g/mol. The second-order valence-electron chi connectivity index (χ2n) is 8.04. The minimum absolute atomic E-state index is 0.118. The van der Waals surface area contributed by atoms with Crippen LogP contribution in [0.25, 0.3) is 11.0 Å². The molecule has 0 aliphatic heterocycles. The van der Waals surface area contributed by atoms with E-state index >= 15 is 0 Å². The van der Waals surface area contributed by atoms with Crippen LogP contribution in [0.1, 0.15) is 35.7 Å². The topological polar surface area (TPSA) is 38.1 Å². The van der Waals surface area contributed by atoms with Gasteiger partial charge in [0.1, 0.15) is 12.4 Å². The average molecular weight is 396 g/mol. The molecule has 1 saturated carbocycles. The molecule has 0 bridgehead atoms. The van der Waals surface area contributed by atoms with Crippen LogP contribution in [0.5, 0.6) is 0 Å². The number of fused-ring (bicyclic) bond motifs is 1. The molecular weight excluding hydrogens is 370 g/mol. The van der Waals surface area contributed by atoms with E-state index in [1.54, 1.807) is 0 Å². The number of nitrogens with zero attached hydrogens (tertiary/aromatic N) is 3. The highest BCUT2D eigenvalue weighted by atomic mass is 16.2. The Morgan fingerprint density at radius 2 is 1.40 bits per heavy atom. The second kappa shape index (κ2) is 8.15. The lowest BCUT2D eigenvalue weighted by atomic mass is 10.1. The van der Waals surface area contributed by atoms with Gasteiger partial charge >= 0.3 is 0 Å². The van der Waals surface area contributed by atoms with Crippen molar-refractivity contribution >= 4 is 16.9 Å². The molecule has 0 saturated heterocycles. The molecule has 0 unspecified atom stereocenters. The molecule has 0 atom stereocenters. The van der Waals surface area contributed by atoms with Gasteiger partial charge in [0.15, 0.2) is 0 Å². The van der Waals surface area contributed by atoms with Gasteiger partial charge in [-0.15, -0.1) is 0 Å². The second-order valence-corrected chi connectivity index (χ2v) is 8.04. The lowest BCUT2D eigenvalue weighted by Gasteiger charge is -2.24. The molecule has 3 aromatic carbocycles. The van der Waals surface area contributed by atoms with Gasteiger partial charge in [0.05, 0.1) is 11.0 Å². The fourth-order valence-corrected chi connectivity index (χ4v) is 3.99. The van der Waals surface area contributed by atoms with Crippen LogP contribution in [0, 0.1) is 0 Å². The largest absolute Gasteiger partial charge is 0.332 e. The first kappa shape index (κ1) is 18.6. The number of para-hydroxylation sites is 2. The zero-order valence-corrected chi connectivity index (χ0v) is 16.9. The highest BCUT2D eigenvalue weighted by Crippen LogP contribution is 2.40. The van der Waals surface area contributed by atoms with Gasteiger partial charge in [-0.2, -0.15) is 0 Å². The lowest BCUT2D eigenvalue weighted by molar-refractivity contribution is -0.133. The Hall–Kier alpha value is -3.40. The molecule has 0 spiro atoms. The minimum atomic E-state index is 0.118. The summed E-state index contributed by atoms with van der Waals surface area (Å²) in [5.74, 6) is 1.67.